The van der Waals surface area contributed by atoms with Crippen LogP contribution in [-0.4, -0.2) is 46.8 Å². The van der Waals surface area contributed by atoms with Crippen molar-refractivity contribution in [2.75, 3.05) is 0 Å². The Kier molecular flexibility index (Phi) is 5.69. The van der Waals surface area contributed by atoms with Crippen molar-refractivity contribution in [1.82, 2.24) is 15.6 Å². The van der Waals surface area contributed by atoms with Crippen LogP contribution in [0.25, 0.3) is 0 Å². The Hall–Kier alpha value is -2.64. The average Bonchev–Trinajstić information content (AvgIpc) is 3.21. The lowest BCUT2D eigenvalue weighted by atomic mass is 9.98. The predicted molar refractivity (Wildman–Crippen MR) is 103 cm³/mol. The minimum absolute atomic E-state index is 0.0205. The van der Waals surface area contributed by atoms with Gasteiger partial charge in [0.1, 0.15) is 5.69 Å². The molecule has 0 spiro atoms. The normalized spacial score (nSPS) is 32.2. The van der Waals surface area contributed by atoms with Gasteiger partial charge >= 0.3 is 6.36 Å². The van der Waals surface area contributed by atoms with Crippen LogP contribution in [-0.2, 0) is 0 Å². The van der Waals surface area contributed by atoms with Crippen LogP contribution in [0.3, 0.4) is 0 Å². The summed E-state index contributed by atoms with van der Waals surface area (Å²) in [6, 6.07) is 2.75. The average molecular weight is 482 g/mol. The molecule has 0 amide bonds. The summed E-state index contributed by atoms with van der Waals surface area (Å²) in [5, 5.41) is 5.42. The Morgan fingerprint density at radius 1 is 1.06 bits per heavy atom. The van der Waals surface area contributed by atoms with Gasteiger partial charge in [-0.05, 0) is 18.9 Å². The summed E-state index contributed by atoms with van der Waals surface area (Å²) in [5.74, 6) is -9.50. The van der Waals surface area contributed by atoms with Gasteiger partial charge in [-0.1, -0.05) is 6.07 Å². The van der Waals surface area contributed by atoms with Crippen molar-refractivity contribution >= 4 is 11.8 Å². The van der Waals surface area contributed by atoms with E-state index in [1.807, 2.05) is 0 Å². The first kappa shape index (κ1) is 23.5. The van der Waals surface area contributed by atoms with Crippen LogP contribution in [0.1, 0.15) is 44.2 Å². The number of nitrogens with one attached hydrogen (secondary N) is 2. The van der Waals surface area contributed by atoms with Crippen molar-refractivity contribution in [2.45, 2.75) is 68.6 Å². The summed E-state index contributed by atoms with van der Waals surface area (Å²) in [7, 11) is 0. The molecule has 3 unspecified atom stereocenters. The molecule has 0 aromatic carbocycles. The van der Waals surface area contributed by atoms with Crippen LogP contribution in [0.15, 0.2) is 28.2 Å². The number of ether oxygens (including phenoxy) is 1. The molecule has 2 aliphatic carbocycles. The van der Waals surface area contributed by atoms with E-state index in [0.717, 1.165) is 6.07 Å². The van der Waals surface area contributed by atoms with Gasteiger partial charge in [0.15, 0.2) is 17.6 Å². The van der Waals surface area contributed by atoms with Gasteiger partial charge in [0.2, 0.25) is 17.7 Å². The molecule has 182 valence electrons. The van der Waals surface area contributed by atoms with E-state index >= 15 is 0 Å². The van der Waals surface area contributed by atoms with Crippen LogP contribution in [0.2, 0.25) is 0 Å². The lowest BCUT2D eigenvalue weighted by Gasteiger charge is -2.38. The van der Waals surface area contributed by atoms with Crippen molar-refractivity contribution in [3.05, 3.63) is 23.9 Å². The highest BCUT2D eigenvalue weighted by molar-refractivity contribution is 6.09. The monoisotopic (exact) mass is 482 g/mol. The van der Waals surface area contributed by atoms with E-state index < -0.39 is 61.1 Å². The van der Waals surface area contributed by atoms with Crippen LogP contribution >= 0.6 is 0 Å². The number of aliphatic imine (C=N–C) groups is 2. The zero-order valence-electron chi connectivity index (χ0n) is 17.1. The lowest BCUT2D eigenvalue weighted by molar-refractivity contribution is -0.276. The number of aromatic nitrogens is 1. The Labute approximate surface area is 183 Å². The van der Waals surface area contributed by atoms with Crippen molar-refractivity contribution < 1.29 is 35.5 Å². The maximum Gasteiger partial charge on any atom is 0.574 e. The number of nitrogens with two attached hydrogens (primary N) is 1. The summed E-state index contributed by atoms with van der Waals surface area (Å²) in [5.41, 5.74) is 6.21. The number of rotatable bonds is 4. The van der Waals surface area contributed by atoms with E-state index in [2.05, 4.69) is 30.3 Å². The summed E-state index contributed by atoms with van der Waals surface area (Å²) >= 11 is 0. The maximum atomic E-state index is 13.9. The molecule has 7 nitrogen and oxygen atoms in total. The SMILES string of the molecule is NC1(C2CCC(F)(F)C2)N=C(c2cccc(OC(F)(F)F)n2)NC(=NC2CCC(F)(F)C2)N1. The van der Waals surface area contributed by atoms with Gasteiger partial charge in [-0.2, -0.15) is 0 Å². The number of guanidine groups is 1. The zero-order valence-corrected chi connectivity index (χ0v) is 17.1. The Balaban J connectivity index is 1.67. The number of pyridine rings is 1. The molecule has 1 aromatic rings. The topological polar surface area (TPSA) is 96.9 Å². The smallest absolute Gasteiger partial charge is 0.388 e. The fourth-order valence-electron chi connectivity index (χ4n) is 4.22. The Bertz CT molecular complexity index is 966. The molecule has 0 radical (unpaired) electrons. The lowest BCUT2D eigenvalue weighted by Crippen LogP contribution is -2.66. The highest BCUT2D eigenvalue weighted by Crippen LogP contribution is 2.43. The molecule has 3 aliphatic rings. The summed E-state index contributed by atoms with van der Waals surface area (Å²) in [6.45, 7) is 0. The van der Waals surface area contributed by atoms with Crippen LogP contribution in [0.5, 0.6) is 5.88 Å². The molecule has 3 atom stereocenters. The molecule has 0 saturated heterocycles. The van der Waals surface area contributed by atoms with Gasteiger partial charge in [0.05, 0.1) is 6.04 Å². The molecule has 0 bridgehead atoms. The maximum absolute atomic E-state index is 13.9. The van der Waals surface area contributed by atoms with Crippen LogP contribution < -0.4 is 21.1 Å². The zero-order chi connectivity index (χ0) is 24.1. The fraction of sp³-hybridized carbons (Fsp3) is 0.632. The first-order chi connectivity index (χ1) is 15.2. The molecule has 2 fully saturated rings. The van der Waals surface area contributed by atoms with Crippen molar-refractivity contribution in [3.8, 4) is 5.88 Å². The summed E-state index contributed by atoms with van der Waals surface area (Å²) in [4.78, 5) is 12.2. The van der Waals surface area contributed by atoms with E-state index in [-0.39, 0.29) is 36.8 Å². The van der Waals surface area contributed by atoms with Gasteiger partial charge in [-0.15, -0.1) is 13.2 Å². The molecule has 1 aromatic heterocycles. The number of alkyl halides is 7. The minimum Gasteiger partial charge on any atom is -0.388 e. The molecular formula is C19H21F7N6O. The molecule has 2 saturated carbocycles. The van der Waals surface area contributed by atoms with Crippen LogP contribution in [0, 0.1) is 5.92 Å². The Morgan fingerprint density at radius 3 is 2.36 bits per heavy atom. The van der Waals surface area contributed by atoms with E-state index in [9.17, 15) is 30.7 Å². The second kappa shape index (κ2) is 7.99. The summed E-state index contributed by atoms with van der Waals surface area (Å²) in [6.07, 6.45) is -6.71. The molecule has 14 heteroatoms. The van der Waals surface area contributed by atoms with E-state index in [1.165, 1.54) is 12.1 Å². The highest BCUT2D eigenvalue weighted by atomic mass is 19.4. The van der Waals surface area contributed by atoms with Gasteiger partial charge in [0.25, 0.3) is 0 Å². The molecule has 4 N–H and O–H groups in total. The third-order valence-corrected chi connectivity index (χ3v) is 5.75. The molecular weight excluding hydrogens is 461 g/mol. The summed E-state index contributed by atoms with van der Waals surface area (Å²) < 4.78 is 96.5. The number of halogens is 7. The number of hydrogen-bond donors (Lipinski definition) is 3. The third kappa shape index (κ3) is 5.65. The molecule has 4 rings (SSSR count). The van der Waals surface area contributed by atoms with Gasteiger partial charge in [0, 0.05) is 37.7 Å². The van der Waals surface area contributed by atoms with E-state index in [4.69, 9.17) is 5.73 Å². The number of hydrogen-bond acceptors (Lipinski definition) is 5. The third-order valence-electron chi connectivity index (χ3n) is 5.75. The first-order valence-electron chi connectivity index (χ1n) is 10.2. The van der Waals surface area contributed by atoms with E-state index in [1.54, 1.807) is 0 Å². The quantitative estimate of drug-likeness (QED) is 0.571. The van der Waals surface area contributed by atoms with E-state index in [0.29, 0.717) is 0 Å². The highest BCUT2D eigenvalue weighted by Gasteiger charge is 2.50. The van der Waals surface area contributed by atoms with Gasteiger partial charge in [-0.25, -0.2) is 32.5 Å². The first-order valence-corrected chi connectivity index (χ1v) is 10.2. The second-order valence-corrected chi connectivity index (χ2v) is 8.47. The fourth-order valence-corrected chi connectivity index (χ4v) is 4.22. The number of nitrogens with zero attached hydrogens (tertiary/aromatic N) is 3. The van der Waals surface area contributed by atoms with Gasteiger partial charge < -0.3 is 15.4 Å². The molecule has 1 aliphatic heterocycles. The van der Waals surface area contributed by atoms with Crippen molar-refractivity contribution in [2.24, 2.45) is 21.6 Å². The number of amidine groups is 1. The predicted octanol–water partition coefficient (Wildman–Crippen LogP) is 3.51. The standard InChI is InChI=1S/C19H21F7N6O/c20-16(21)6-4-10(8-16)18(27)31-14(12-2-1-3-13(29-12)33-19(24,25)26)30-15(32-18)28-11-5-7-17(22,23)9-11/h1-3,10-11H,4-9,27H2,(H2,28,30,31,32). The Morgan fingerprint density at radius 2 is 1.76 bits per heavy atom. The van der Waals surface area contributed by atoms with Gasteiger partial charge in [-0.3, -0.25) is 5.73 Å². The molecule has 33 heavy (non-hydrogen) atoms. The largest absolute Gasteiger partial charge is 0.574 e. The molecule has 2 heterocycles. The van der Waals surface area contributed by atoms with Crippen molar-refractivity contribution in [3.63, 3.8) is 0 Å². The second-order valence-electron chi connectivity index (χ2n) is 8.47. The van der Waals surface area contributed by atoms with Crippen LogP contribution in [0.4, 0.5) is 30.7 Å². The minimum atomic E-state index is -4.98. The van der Waals surface area contributed by atoms with Crippen molar-refractivity contribution in [1.29, 1.82) is 0 Å².